The maximum Gasteiger partial charge on any atom is 0.289 e. The molecule has 2 N–H and O–H groups in total. The maximum atomic E-state index is 12.2. The van der Waals surface area contributed by atoms with E-state index in [1.165, 1.54) is 24.4 Å². The molecule has 9 nitrogen and oxygen atoms in total. The summed E-state index contributed by atoms with van der Waals surface area (Å²) >= 11 is 5.75. The van der Waals surface area contributed by atoms with Crippen molar-refractivity contribution >= 4 is 28.9 Å². The maximum absolute atomic E-state index is 12.2. The van der Waals surface area contributed by atoms with Crippen molar-refractivity contribution in [1.82, 2.24) is 5.32 Å². The second-order valence-electron chi connectivity index (χ2n) is 5.61. The summed E-state index contributed by atoms with van der Waals surface area (Å²) in [7, 11) is 0. The molecule has 3 rings (SSSR count). The molecule has 28 heavy (non-hydrogen) atoms. The number of ether oxygens (including phenoxy) is 2. The van der Waals surface area contributed by atoms with Crippen molar-refractivity contribution in [2.75, 3.05) is 12.1 Å². The molecule has 0 spiro atoms. The third-order valence-electron chi connectivity index (χ3n) is 3.78. The zero-order valence-corrected chi connectivity index (χ0v) is 15.0. The lowest BCUT2D eigenvalue weighted by molar-refractivity contribution is -0.384. The minimum Gasteiger partial charge on any atom is -0.454 e. The van der Waals surface area contributed by atoms with Crippen molar-refractivity contribution in [2.24, 2.45) is 0 Å². The van der Waals surface area contributed by atoms with E-state index in [-0.39, 0.29) is 29.6 Å². The van der Waals surface area contributed by atoms with Crippen LogP contribution in [0, 0.1) is 21.4 Å². The van der Waals surface area contributed by atoms with E-state index in [1.54, 1.807) is 24.3 Å². The largest absolute Gasteiger partial charge is 0.454 e. The number of carbonyl (C=O) groups is 1. The van der Waals surface area contributed by atoms with Crippen LogP contribution in [0.4, 0.5) is 11.4 Å². The number of nitriles is 1. The molecule has 0 atom stereocenters. The highest BCUT2D eigenvalue weighted by atomic mass is 35.5. The number of carbonyl (C=O) groups excluding carboxylic acids is 1. The van der Waals surface area contributed by atoms with Gasteiger partial charge in [-0.1, -0.05) is 17.7 Å². The van der Waals surface area contributed by atoms with Gasteiger partial charge in [0.2, 0.25) is 6.79 Å². The molecule has 0 aliphatic carbocycles. The molecular weight excluding hydrogens is 388 g/mol. The first-order chi connectivity index (χ1) is 13.5. The van der Waals surface area contributed by atoms with E-state index in [9.17, 15) is 20.2 Å². The van der Waals surface area contributed by atoms with Gasteiger partial charge in [-0.2, -0.15) is 5.26 Å². The van der Waals surface area contributed by atoms with E-state index in [0.29, 0.717) is 17.2 Å². The number of halogens is 1. The Balaban J connectivity index is 1.64. The Morgan fingerprint density at radius 2 is 2.07 bits per heavy atom. The topological polar surface area (TPSA) is 127 Å². The first-order valence-electron chi connectivity index (χ1n) is 7.95. The molecule has 0 aromatic heterocycles. The quantitative estimate of drug-likeness (QED) is 0.330. The summed E-state index contributed by atoms with van der Waals surface area (Å²) in [5.41, 5.74) is 0.604. The Bertz CT molecular complexity index is 1020. The Labute approximate surface area is 164 Å². The van der Waals surface area contributed by atoms with Crippen LogP contribution in [0.15, 0.2) is 48.2 Å². The summed E-state index contributed by atoms with van der Waals surface area (Å²) in [6.07, 6.45) is 1.17. The van der Waals surface area contributed by atoms with E-state index in [4.69, 9.17) is 21.1 Å². The van der Waals surface area contributed by atoms with Crippen LogP contribution >= 0.6 is 11.6 Å². The molecule has 10 heteroatoms. The number of fused-ring (bicyclic) bond motifs is 1. The average Bonchev–Trinajstić information content (AvgIpc) is 3.15. The fraction of sp³-hybridized carbons (Fsp3) is 0.111. The molecule has 0 unspecified atom stereocenters. The Morgan fingerprint density at radius 3 is 2.82 bits per heavy atom. The van der Waals surface area contributed by atoms with Crippen molar-refractivity contribution in [3.8, 4) is 17.6 Å². The van der Waals surface area contributed by atoms with E-state index >= 15 is 0 Å². The van der Waals surface area contributed by atoms with Crippen molar-refractivity contribution < 1.29 is 19.2 Å². The van der Waals surface area contributed by atoms with Crippen LogP contribution in [0.5, 0.6) is 11.5 Å². The van der Waals surface area contributed by atoms with Gasteiger partial charge in [-0.15, -0.1) is 0 Å². The van der Waals surface area contributed by atoms with Gasteiger partial charge in [-0.25, -0.2) is 0 Å². The summed E-state index contributed by atoms with van der Waals surface area (Å²) in [6, 6.07) is 11.1. The monoisotopic (exact) mass is 400 g/mol. The zero-order chi connectivity index (χ0) is 20.1. The van der Waals surface area contributed by atoms with Gasteiger partial charge in [0.05, 0.1) is 4.92 Å². The van der Waals surface area contributed by atoms with Gasteiger partial charge >= 0.3 is 0 Å². The summed E-state index contributed by atoms with van der Waals surface area (Å²) in [5, 5.41) is 25.4. The van der Waals surface area contributed by atoms with E-state index < -0.39 is 10.8 Å². The van der Waals surface area contributed by atoms with Crippen LogP contribution in [-0.2, 0) is 11.3 Å². The first kappa shape index (κ1) is 19.0. The van der Waals surface area contributed by atoms with Crippen LogP contribution in [-0.4, -0.2) is 17.6 Å². The minimum absolute atomic E-state index is 0.0125. The normalized spacial score (nSPS) is 12.2. The molecule has 1 heterocycles. The SMILES string of the molecule is N#C/C(=C/Nc1ccc(Cl)c([N+](=O)[O-])c1)C(=O)NCc1ccc2c(c1)OCO2. The Morgan fingerprint density at radius 1 is 1.29 bits per heavy atom. The molecule has 1 aliphatic rings. The van der Waals surface area contributed by atoms with Gasteiger partial charge in [0.25, 0.3) is 11.6 Å². The zero-order valence-electron chi connectivity index (χ0n) is 14.3. The first-order valence-corrected chi connectivity index (χ1v) is 8.33. The number of hydrogen-bond acceptors (Lipinski definition) is 7. The summed E-state index contributed by atoms with van der Waals surface area (Å²) in [5.74, 6) is 0.624. The second-order valence-corrected chi connectivity index (χ2v) is 6.01. The number of anilines is 1. The molecule has 0 saturated heterocycles. The molecule has 0 fully saturated rings. The lowest BCUT2D eigenvalue weighted by Gasteiger charge is -2.06. The molecule has 2 aromatic carbocycles. The number of amides is 1. The van der Waals surface area contributed by atoms with Gasteiger partial charge in [0.1, 0.15) is 16.7 Å². The Kier molecular flexibility index (Phi) is 5.62. The standard InChI is InChI=1S/C18H13ClN4O5/c19-14-3-2-13(6-15(14)23(25)26)21-9-12(7-20)18(24)22-8-11-1-4-16-17(5-11)28-10-27-16/h1-6,9,21H,8,10H2,(H,22,24)/b12-9-. The van der Waals surface area contributed by atoms with Crippen molar-refractivity contribution in [2.45, 2.75) is 6.54 Å². The summed E-state index contributed by atoms with van der Waals surface area (Å²) in [4.78, 5) is 22.5. The number of rotatable bonds is 6. The van der Waals surface area contributed by atoms with Crippen LogP contribution in [0.3, 0.4) is 0 Å². The predicted molar refractivity (Wildman–Crippen MR) is 99.8 cm³/mol. The lowest BCUT2D eigenvalue weighted by Crippen LogP contribution is -2.24. The van der Waals surface area contributed by atoms with Gasteiger partial charge in [0, 0.05) is 24.5 Å². The predicted octanol–water partition coefficient (Wildman–Crippen LogP) is 3.11. The third-order valence-corrected chi connectivity index (χ3v) is 4.10. The molecule has 142 valence electrons. The van der Waals surface area contributed by atoms with Gasteiger partial charge < -0.3 is 20.1 Å². The van der Waals surface area contributed by atoms with Crippen LogP contribution in [0.25, 0.3) is 0 Å². The van der Waals surface area contributed by atoms with Crippen molar-refractivity contribution in [3.05, 3.63) is 68.9 Å². The number of nitrogens with zero attached hydrogens (tertiary/aromatic N) is 2. The van der Waals surface area contributed by atoms with Gasteiger partial charge in [-0.3, -0.25) is 14.9 Å². The highest BCUT2D eigenvalue weighted by molar-refractivity contribution is 6.32. The lowest BCUT2D eigenvalue weighted by atomic mass is 10.2. The number of nitro benzene ring substituents is 1. The van der Waals surface area contributed by atoms with E-state index in [0.717, 1.165) is 5.56 Å². The fourth-order valence-corrected chi connectivity index (χ4v) is 2.56. The van der Waals surface area contributed by atoms with Crippen molar-refractivity contribution in [3.63, 3.8) is 0 Å². The van der Waals surface area contributed by atoms with Crippen molar-refractivity contribution in [1.29, 1.82) is 5.26 Å². The van der Waals surface area contributed by atoms with E-state index in [2.05, 4.69) is 10.6 Å². The number of nitrogens with one attached hydrogen (secondary N) is 2. The number of benzene rings is 2. The summed E-state index contributed by atoms with van der Waals surface area (Å²) < 4.78 is 10.5. The second kappa shape index (κ2) is 8.28. The molecule has 1 amide bonds. The molecule has 0 bridgehead atoms. The Hall–Kier alpha value is -3.77. The van der Waals surface area contributed by atoms with Crippen LogP contribution in [0.2, 0.25) is 5.02 Å². The van der Waals surface area contributed by atoms with Gasteiger partial charge in [0.15, 0.2) is 11.5 Å². The molecule has 0 saturated carbocycles. The van der Waals surface area contributed by atoms with Crippen LogP contribution in [0.1, 0.15) is 5.56 Å². The minimum atomic E-state index is -0.624. The van der Waals surface area contributed by atoms with E-state index in [1.807, 2.05) is 0 Å². The highest BCUT2D eigenvalue weighted by Crippen LogP contribution is 2.32. The molecule has 1 aliphatic heterocycles. The summed E-state index contributed by atoms with van der Waals surface area (Å²) in [6.45, 7) is 0.335. The average molecular weight is 401 g/mol. The molecular formula is C18H13ClN4O5. The number of hydrogen-bond donors (Lipinski definition) is 2. The van der Waals surface area contributed by atoms with Gasteiger partial charge in [-0.05, 0) is 29.8 Å². The fourth-order valence-electron chi connectivity index (χ4n) is 2.37. The molecule has 2 aromatic rings. The van der Waals surface area contributed by atoms with Crippen LogP contribution < -0.4 is 20.1 Å². The smallest absolute Gasteiger partial charge is 0.289 e. The highest BCUT2D eigenvalue weighted by Gasteiger charge is 2.15. The third kappa shape index (κ3) is 4.31. The molecule has 0 radical (unpaired) electrons. The number of nitro groups is 1.